The highest BCUT2D eigenvalue weighted by atomic mass is 16.2. The lowest BCUT2D eigenvalue weighted by atomic mass is 10.4. The Morgan fingerprint density at radius 1 is 1.10 bits per heavy atom. The molecule has 0 rings (SSSR count). The Morgan fingerprint density at radius 3 is 1.40 bits per heavy atom. The van der Waals surface area contributed by atoms with Crippen molar-refractivity contribution in [3.05, 3.63) is 12.2 Å². The Bertz CT molecular complexity index is 85.0. The Balaban J connectivity index is -0.000000107. The first-order chi connectivity index (χ1) is 4.33. The molecule has 0 radical (unpaired) electrons. The summed E-state index contributed by atoms with van der Waals surface area (Å²) in [6, 6.07) is 0. The molecule has 0 aromatic rings. The van der Waals surface area contributed by atoms with Crippen LogP contribution >= 0.6 is 0 Å². The Kier molecular flexibility index (Phi) is 39.0. The molecule has 0 atom stereocenters. The van der Waals surface area contributed by atoms with Crippen LogP contribution in [-0.4, -0.2) is 11.6 Å². The van der Waals surface area contributed by atoms with Gasteiger partial charge >= 0.3 is 6.15 Å². The van der Waals surface area contributed by atoms with E-state index in [0.29, 0.717) is 0 Å². The molecule has 0 heterocycles. The zero-order valence-corrected chi connectivity index (χ0v) is 6.39. The van der Waals surface area contributed by atoms with E-state index < -0.39 is 0 Å². The van der Waals surface area contributed by atoms with Crippen LogP contribution in [0.25, 0.3) is 0 Å². The molecule has 3 heteroatoms. The Hall–Kier alpha value is -0.920. The molecule has 0 aliphatic carbocycles. The minimum absolute atomic E-state index is 0. The molecule has 0 saturated carbocycles. The van der Waals surface area contributed by atoms with Crippen molar-refractivity contribution in [3.63, 3.8) is 0 Å². The van der Waals surface area contributed by atoms with E-state index in [1.807, 2.05) is 0 Å². The maximum absolute atomic E-state index is 8.12. The van der Waals surface area contributed by atoms with Gasteiger partial charge in [0.25, 0.3) is 0 Å². The van der Waals surface area contributed by atoms with Gasteiger partial charge in [-0.25, -0.2) is 0 Å². The number of rotatable bonds is 2. The molecular formula is C7H14O3. The lowest BCUT2D eigenvalue weighted by Crippen LogP contribution is -1.51. The van der Waals surface area contributed by atoms with Gasteiger partial charge in [-0.2, -0.15) is 9.59 Å². The van der Waals surface area contributed by atoms with Gasteiger partial charge in [-0.1, -0.05) is 26.0 Å². The molecule has 0 spiro atoms. The highest BCUT2D eigenvalue weighted by Crippen LogP contribution is 1.81. The Labute approximate surface area is 61.0 Å². The van der Waals surface area contributed by atoms with Crippen LogP contribution in [0.4, 0.5) is 0 Å². The summed E-state index contributed by atoms with van der Waals surface area (Å²) in [5.74, 6) is 0. The SMILES string of the molecule is CCC=CCC.O.O=C=O. The van der Waals surface area contributed by atoms with Crippen LogP contribution in [0.15, 0.2) is 12.2 Å². The first kappa shape index (κ1) is 16.0. The largest absolute Gasteiger partial charge is 0.412 e. The molecule has 0 aliphatic rings. The zero-order valence-electron chi connectivity index (χ0n) is 6.39. The number of hydrogen-bond acceptors (Lipinski definition) is 2. The second-order valence-corrected chi connectivity index (χ2v) is 1.37. The van der Waals surface area contributed by atoms with Crippen molar-refractivity contribution in [2.45, 2.75) is 26.7 Å². The molecule has 0 aliphatic heterocycles. The third-order valence-electron chi connectivity index (χ3n) is 0.638. The predicted octanol–water partition coefficient (Wildman–Crippen LogP) is 0.954. The molecular weight excluding hydrogens is 132 g/mol. The van der Waals surface area contributed by atoms with Crippen LogP contribution in [0.2, 0.25) is 0 Å². The van der Waals surface area contributed by atoms with Crippen molar-refractivity contribution < 1.29 is 15.1 Å². The molecule has 3 nitrogen and oxygen atoms in total. The number of hydrogen-bond donors (Lipinski definition) is 0. The minimum Gasteiger partial charge on any atom is -0.412 e. The van der Waals surface area contributed by atoms with Crippen molar-refractivity contribution in [1.29, 1.82) is 0 Å². The van der Waals surface area contributed by atoms with Crippen molar-refractivity contribution in [3.8, 4) is 0 Å². The van der Waals surface area contributed by atoms with Crippen LogP contribution in [0.3, 0.4) is 0 Å². The molecule has 0 bridgehead atoms. The van der Waals surface area contributed by atoms with Crippen LogP contribution in [0.5, 0.6) is 0 Å². The van der Waals surface area contributed by atoms with Gasteiger partial charge in [0.1, 0.15) is 0 Å². The first-order valence-corrected chi connectivity index (χ1v) is 2.97. The van der Waals surface area contributed by atoms with E-state index >= 15 is 0 Å². The molecule has 0 saturated heterocycles. The molecule has 0 amide bonds. The van der Waals surface area contributed by atoms with E-state index in [0.717, 1.165) is 0 Å². The van der Waals surface area contributed by atoms with Crippen molar-refractivity contribution in [2.24, 2.45) is 0 Å². The summed E-state index contributed by atoms with van der Waals surface area (Å²) < 4.78 is 0. The standard InChI is InChI=1S/C6H12.CO2.H2O/c1-3-5-6-4-2;2-1-3;/h5-6H,3-4H2,1-2H3;;1H2. The monoisotopic (exact) mass is 146 g/mol. The summed E-state index contributed by atoms with van der Waals surface area (Å²) in [5.41, 5.74) is 0. The van der Waals surface area contributed by atoms with Crippen LogP contribution < -0.4 is 0 Å². The second-order valence-electron chi connectivity index (χ2n) is 1.37. The molecule has 0 fully saturated rings. The molecule has 60 valence electrons. The van der Waals surface area contributed by atoms with Gasteiger partial charge in [-0.15, -0.1) is 0 Å². The van der Waals surface area contributed by atoms with E-state index in [4.69, 9.17) is 9.59 Å². The van der Waals surface area contributed by atoms with Crippen molar-refractivity contribution in [1.82, 2.24) is 0 Å². The van der Waals surface area contributed by atoms with Gasteiger partial charge in [0, 0.05) is 0 Å². The fourth-order valence-corrected chi connectivity index (χ4v) is 0.333. The average molecular weight is 146 g/mol. The van der Waals surface area contributed by atoms with Crippen molar-refractivity contribution in [2.75, 3.05) is 0 Å². The van der Waals surface area contributed by atoms with E-state index in [1.54, 1.807) is 0 Å². The summed E-state index contributed by atoms with van der Waals surface area (Å²) in [6.45, 7) is 4.29. The molecule has 0 unspecified atom stereocenters. The normalized spacial score (nSPS) is 7.00. The molecule has 2 N–H and O–H groups in total. The van der Waals surface area contributed by atoms with Crippen molar-refractivity contribution >= 4 is 6.15 Å². The van der Waals surface area contributed by atoms with Crippen LogP contribution in [0.1, 0.15) is 26.7 Å². The Morgan fingerprint density at radius 2 is 1.30 bits per heavy atom. The fraction of sp³-hybridized carbons (Fsp3) is 0.571. The van der Waals surface area contributed by atoms with Gasteiger partial charge in [0.15, 0.2) is 0 Å². The van der Waals surface area contributed by atoms with Gasteiger partial charge < -0.3 is 5.48 Å². The molecule has 0 aromatic carbocycles. The fourth-order valence-electron chi connectivity index (χ4n) is 0.333. The summed E-state index contributed by atoms with van der Waals surface area (Å²) in [5, 5.41) is 0. The van der Waals surface area contributed by atoms with Gasteiger partial charge in [-0.05, 0) is 12.8 Å². The van der Waals surface area contributed by atoms with Gasteiger partial charge in [0.2, 0.25) is 0 Å². The van der Waals surface area contributed by atoms with Crippen LogP contribution in [-0.2, 0) is 9.59 Å². The highest BCUT2D eigenvalue weighted by molar-refractivity contribution is 5.20. The average Bonchev–Trinajstić information content (AvgIpc) is 1.86. The minimum atomic E-state index is 0. The van der Waals surface area contributed by atoms with E-state index in [-0.39, 0.29) is 11.6 Å². The number of allylic oxidation sites excluding steroid dienone is 2. The van der Waals surface area contributed by atoms with Crippen LogP contribution in [0, 0.1) is 0 Å². The maximum Gasteiger partial charge on any atom is 0.373 e. The summed E-state index contributed by atoms with van der Waals surface area (Å²) >= 11 is 0. The van der Waals surface area contributed by atoms with E-state index in [2.05, 4.69) is 26.0 Å². The smallest absolute Gasteiger partial charge is 0.373 e. The van der Waals surface area contributed by atoms with E-state index in [1.165, 1.54) is 12.8 Å². The second kappa shape index (κ2) is 24.3. The zero-order chi connectivity index (χ0) is 7.54. The number of carbonyl (C=O) groups excluding carboxylic acids is 2. The quantitative estimate of drug-likeness (QED) is 0.544. The third-order valence-corrected chi connectivity index (χ3v) is 0.638. The lowest BCUT2D eigenvalue weighted by molar-refractivity contribution is -0.191. The predicted molar refractivity (Wildman–Crippen MR) is 38.3 cm³/mol. The van der Waals surface area contributed by atoms with Gasteiger partial charge in [0.05, 0.1) is 0 Å². The first-order valence-electron chi connectivity index (χ1n) is 2.97. The topological polar surface area (TPSA) is 65.6 Å². The third kappa shape index (κ3) is 60.5. The lowest BCUT2D eigenvalue weighted by Gasteiger charge is -1.72. The molecule has 0 aromatic heterocycles. The van der Waals surface area contributed by atoms with E-state index in [9.17, 15) is 0 Å². The van der Waals surface area contributed by atoms with Gasteiger partial charge in [-0.3, -0.25) is 0 Å². The summed E-state index contributed by atoms with van der Waals surface area (Å²) in [6.07, 6.45) is 6.96. The highest BCUT2D eigenvalue weighted by Gasteiger charge is 1.60. The summed E-state index contributed by atoms with van der Waals surface area (Å²) in [7, 11) is 0. The molecule has 10 heavy (non-hydrogen) atoms. The maximum atomic E-state index is 8.12. The summed E-state index contributed by atoms with van der Waals surface area (Å²) in [4.78, 5) is 16.2.